The molecule has 2 N–H and O–H groups in total. The molecule has 188 valence electrons. The van der Waals surface area contributed by atoms with Gasteiger partial charge >= 0.3 is 5.97 Å². The van der Waals surface area contributed by atoms with Gasteiger partial charge in [-0.05, 0) is 80.8 Å². The number of carboxylic acids is 1. The highest BCUT2D eigenvalue weighted by Gasteiger charge is 2.20. The lowest BCUT2D eigenvalue weighted by Gasteiger charge is -2.18. The van der Waals surface area contributed by atoms with Crippen LogP contribution in [0, 0.1) is 6.92 Å². The molecule has 0 atom stereocenters. The summed E-state index contributed by atoms with van der Waals surface area (Å²) in [5.41, 5.74) is 4.79. The number of ether oxygens (including phenoxy) is 2. The SMILES string of the molecule is CC(C)(C)O.Cc1cc2nc(-c3ccc4c(c3)OCCO4)sc2c(-c2ccc(Cl)cc2)c1CC(=O)O. The number of benzene rings is 3. The minimum absolute atomic E-state index is 0.0585. The van der Waals surface area contributed by atoms with E-state index < -0.39 is 11.6 Å². The Hall–Kier alpha value is -3.13. The quantitative estimate of drug-likeness (QED) is 0.306. The van der Waals surface area contributed by atoms with E-state index in [4.69, 9.17) is 31.2 Å². The number of hydrogen-bond donors (Lipinski definition) is 2. The molecule has 2 heterocycles. The number of carbonyl (C=O) groups is 1. The van der Waals surface area contributed by atoms with E-state index in [1.54, 1.807) is 32.1 Å². The summed E-state index contributed by atoms with van der Waals surface area (Å²) in [5.74, 6) is 0.579. The number of carboxylic acid groups (broad SMARTS) is 1. The second-order valence-electron chi connectivity index (χ2n) is 9.52. The standard InChI is InChI=1S/C24H18ClNO4S.C4H10O/c1-13-10-18-23(22(17(13)12-21(27)28)14-2-5-16(25)6-3-14)31-24(26-18)15-4-7-19-20(11-15)30-9-8-29-19;1-4(2,3)5/h2-7,10-11H,8-9,12H2,1H3,(H,27,28);5H,1-3H3. The van der Waals surface area contributed by atoms with Crippen molar-refractivity contribution in [2.45, 2.75) is 39.7 Å². The molecule has 8 heteroatoms. The molecule has 4 aromatic rings. The summed E-state index contributed by atoms with van der Waals surface area (Å²) in [6.07, 6.45) is -0.0585. The van der Waals surface area contributed by atoms with Crippen molar-refractivity contribution < 1.29 is 24.5 Å². The van der Waals surface area contributed by atoms with Gasteiger partial charge in [-0.2, -0.15) is 0 Å². The first-order valence-corrected chi connectivity index (χ1v) is 12.7. The maximum absolute atomic E-state index is 11.6. The topological polar surface area (TPSA) is 88.9 Å². The number of aromatic nitrogens is 1. The summed E-state index contributed by atoms with van der Waals surface area (Å²) < 4.78 is 12.3. The molecular weight excluding hydrogens is 498 g/mol. The number of aliphatic hydroxyl groups is 1. The Kier molecular flexibility index (Phi) is 7.54. The number of aliphatic carboxylic acids is 1. The van der Waals surface area contributed by atoms with Gasteiger partial charge in [-0.15, -0.1) is 11.3 Å². The normalized spacial score (nSPS) is 12.7. The van der Waals surface area contributed by atoms with Crippen molar-refractivity contribution in [2.75, 3.05) is 13.2 Å². The van der Waals surface area contributed by atoms with E-state index in [0.29, 0.717) is 24.0 Å². The molecule has 1 aromatic heterocycles. The smallest absolute Gasteiger partial charge is 0.307 e. The van der Waals surface area contributed by atoms with Crippen molar-refractivity contribution >= 4 is 39.1 Å². The van der Waals surface area contributed by atoms with Crippen LogP contribution in [0.3, 0.4) is 0 Å². The van der Waals surface area contributed by atoms with Gasteiger partial charge in [-0.1, -0.05) is 23.7 Å². The van der Waals surface area contributed by atoms with Crippen LogP contribution in [0.2, 0.25) is 5.02 Å². The lowest BCUT2D eigenvalue weighted by molar-refractivity contribution is -0.136. The van der Waals surface area contributed by atoms with E-state index in [-0.39, 0.29) is 6.42 Å². The van der Waals surface area contributed by atoms with Crippen LogP contribution in [0.5, 0.6) is 11.5 Å². The fraction of sp³-hybridized carbons (Fsp3) is 0.286. The van der Waals surface area contributed by atoms with Gasteiger partial charge in [-0.25, -0.2) is 4.98 Å². The molecule has 0 bridgehead atoms. The molecule has 1 aliphatic heterocycles. The fourth-order valence-electron chi connectivity index (χ4n) is 3.84. The van der Waals surface area contributed by atoms with E-state index in [2.05, 4.69) is 0 Å². The fourth-order valence-corrected chi connectivity index (χ4v) is 5.10. The summed E-state index contributed by atoms with van der Waals surface area (Å²) in [4.78, 5) is 16.5. The molecule has 0 saturated heterocycles. The zero-order valence-electron chi connectivity index (χ0n) is 20.6. The Bertz CT molecular complexity index is 1400. The van der Waals surface area contributed by atoms with E-state index >= 15 is 0 Å². The van der Waals surface area contributed by atoms with E-state index in [9.17, 15) is 9.90 Å². The molecule has 0 saturated carbocycles. The van der Waals surface area contributed by atoms with Crippen molar-refractivity contribution in [3.63, 3.8) is 0 Å². The van der Waals surface area contributed by atoms with Gasteiger partial charge in [0.15, 0.2) is 11.5 Å². The second-order valence-corrected chi connectivity index (χ2v) is 11.0. The summed E-state index contributed by atoms with van der Waals surface area (Å²) >= 11 is 7.63. The number of hydrogen-bond acceptors (Lipinski definition) is 6. The Balaban J connectivity index is 0.000000556. The van der Waals surface area contributed by atoms with Crippen LogP contribution in [-0.2, 0) is 11.2 Å². The van der Waals surface area contributed by atoms with E-state index in [0.717, 1.165) is 48.8 Å². The van der Waals surface area contributed by atoms with E-state index in [1.807, 2.05) is 55.5 Å². The monoisotopic (exact) mass is 525 g/mol. The average Bonchev–Trinajstić information content (AvgIpc) is 3.22. The Labute approximate surface area is 219 Å². The second kappa shape index (κ2) is 10.5. The van der Waals surface area contributed by atoms with Gasteiger partial charge in [0.05, 0.1) is 22.2 Å². The van der Waals surface area contributed by atoms with Crippen LogP contribution < -0.4 is 9.47 Å². The third-order valence-electron chi connectivity index (χ3n) is 5.26. The van der Waals surface area contributed by atoms with Crippen molar-refractivity contribution in [2.24, 2.45) is 0 Å². The van der Waals surface area contributed by atoms with Gasteiger partial charge in [0.2, 0.25) is 0 Å². The number of nitrogens with zero attached hydrogens (tertiary/aromatic N) is 1. The molecule has 0 fully saturated rings. The minimum Gasteiger partial charge on any atom is -0.486 e. The largest absolute Gasteiger partial charge is 0.486 e. The van der Waals surface area contributed by atoms with Crippen molar-refractivity contribution in [3.8, 4) is 33.2 Å². The van der Waals surface area contributed by atoms with Crippen LogP contribution >= 0.6 is 22.9 Å². The molecule has 3 aromatic carbocycles. The number of halogens is 1. The molecule has 36 heavy (non-hydrogen) atoms. The van der Waals surface area contributed by atoms with Crippen LogP contribution in [0.15, 0.2) is 48.5 Å². The zero-order valence-corrected chi connectivity index (χ0v) is 22.2. The van der Waals surface area contributed by atoms with Crippen LogP contribution in [0.4, 0.5) is 0 Å². The minimum atomic E-state index is -0.866. The van der Waals surface area contributed by atoms with Crippen LogP contribution in [-0.4, -0.2) is 40.0 Å². The molecular formula is C28H28ClNO5S. The first-order chi connectivity index (χ1) is 17.0. The Morgan fingerprint density at radius 1 is 1.03 bits per heavy atom. The van der Waals surface area contributed by atoms with E-state index in [1.165, 1.54) is 0 Å². The third kappa shape index (κ3) is 6.16. The third-order valence-corrected chi connectivity index (χ3v) is 6.65. The first-order valence-electron chi connectivity index (χ1n) is 11.5. The predicted octanol–water partition coefficient (Wildman–Crippen LogP) is 6.77. The van der Waals surface area contributed by atoms with Gasteiger partial charge in [0.25, 0.3) is 0 Å². The van der Waals surface area contributed by atoms with Crippen LogP contribution in [0.25, 0.3) is 31.9 Å². The van der Waals surface area contributed by atoms with Crippen LogP contribution in [0.1, 0.15) is 31.9 Å². The molecule has 0 unspecified atom stereocenters. The highest BCUT2D eigenvalue weighted by molar-refractivity contribution is 7.22. The maximum atomic E-state index is 11.6. The Morgan fingerprint density at radius 2 is 1.64 bits per heavy atom. The summed E-state index contributed by atoms with van der Waals surface area (Å²) in [5, 5.41) is 19.5. The van der Waals surface area contributed by atoms with Crippen molar-refractivity contribution in [1.29, 1.82) is 0 Å². The molecule has 0 spiro atoms. The van der Waals surface area contributed by atoms with Crippen molar-refractivity contribution in [3.05, 3.63) is 64.7 Å². The zero-order chi connectivity index (χ0) is 26.0. The summed E-state index contributed by atoms with van der Waals surface area (Å²) in [6.45, 7) is 8.23. The maximum Gasteiger partial charge on any atom is 0.307 e. The summed E-state index contributed by atoms with van der Waals surface area (Å²) in [6, 6.07) is 15.3. The molecule has 5 rings (SSSR count). The van der Waals surface area contributed by atoms with Gasteiger partial charge in [0.1, 0.15) is 18.2 Å². The predicted molar refractivity (Wildman–Crippen MR) is 145 cm³/mol. The average molecular weight is 526 g/mol. The highest BCUT2D eigenvalue weighted by Crippen LogP contribution is 2.42. The number of thiazole rings is 1. The molecule has 0 amide bonds. The highest BCUT2D eigenvalue weighted by atomic mass is 35.5. The summed E-state index contributed by atoms with van der Waals surface area (Å²) in [7, 11) is 0. The lowest BCUT2D eigenvalue weighted by Crippen LogP contribution is -2.15. The Morgan fingerprint density at radius 3 is 2.28 bits per heavy atom. The number of fused-ring (bicyclic) bond motifs is 2. The van der Waals surface area contributed by atoms with Gasteiger partial charge in [-0.3, -0.25) is 4.79 Å². The number of rotatable bonds is 4. The molecule has 1 aliphatic rings. The van der Waals surface area contributed by atoms with Gasteiger partial charge < -0.3 is 19.7 Å². The first kappa shape index (κ1) is 25.9. The number of aryl methyl sites for hydroxylation is 1. The molecule has 6 nitrogen and oxygen atoms in total. The van der Waals surface area contributed by atoms with Gasteiger partial charge in [0, 0.05) is 16.1 Å². The lowest BCUT2D eigenvalue weighted by atomic mass is 9.93. The molecule has 0 radical (unpaired) electrons. The van der Waals surface area contributed by atoms with Crippen molar-refractivity contribution in [1.82, 2.24) is 4.98 Å². The molecule has 0 aliphatic carbocycles.